The normalized spacial score (nSPS) is 25.0. The number of nitrogens with zero attached hydrogens (tertiary/aromatic N) is 2. The fraction of sp³-hybridized carbons (Fsp3) is 0.636. The predicted molar refractivity (Wildman–Crippen MR) is 106 cm³/mol. The second-order valence-electron chi connectivity index (χ2n) is 7.99. The van der Waals surface area contributed by atoms with Crippen LogP contribution in [0.15, 0.2) is 24.3 Å². The SMILES string of the molecule is C=O.CC.CC(C)(C)ON1CCC2(CCC(c3ccc(C#N)cc3)C2)C1. The second kappa shape index (κ2) is 9.85. The van der Waals surface area contributed by atoms with Crippen LogP contribution >= 0.6 is 0 Å². The third-order valence-corrected chi connectivity index (χ3v) is 5.02. The van der Waals surface area contributed by atoms with Crippen molar-refractivity contribution < 1.29 is 9.63 Å². The minimum absolute atomic E-state index is 0.101. The highest BCUT2D eigenvalue weighted by Gasteiger charge is 2.45. The van der Waals surface area contributed by atoms with E-state index in [9.17, 15) is 0 Å². The third-order valence-electron chi connectivity index (χ3n) is 5.02. The Labute approximate surface area is 159 Å². The van der Waals surface area contributed by atoms with Crippen molar-refractivity contribution in [3.63, 3.8) is 0 Å². The fourth-order valence-electron chi connectivity index (χ4n) is 4.05. The van der Waals surface area contributed by atoms with Gasteiger partial charge in [-0.1, -0.05) is 26.0 Å². The summed E-state index contributed by atoms with van der Waals surface area (Å²) in [4.78, 5) is 14.1. The molecule has 2 aliphatic rings. The van der Waals surface area contributed by atoms with Gasteiger partial charge in [0.2, 0.25) is 0 Å². The summed E-state index contributed by atoms with van der Waals surface area (Å²) in [5.41, 5.74) is 2.48. The van der Waals surface area contributed by atoms with Crippen molar-refractivity contribution in [3.8, 4) is 6.07 Å². The number of hydroxylamine groups is 2. The van der Waals surface area contributed by atoms with Gasteiger partial charge < -0.3 is 4.79 Å². The first kappa shape index (κ1) is 22.3. The van der Waals surface area contributed by atoms with E-state index in [0.717, 1.165) is 18.7 Å². The van der Waals surface area contributed by atoms with Gasteiger partial charge >= 0.3 is 0 Å². The summed E-state index contributed by atoms with van der Waals surface area (Å²) in [5, 5.41) is 11.1. The number of carbonyl (C=O) groups excluding carboxylic acids is 1. The van der Waals surface area contributed by atoms with Gasteiger partial charge in [-0.15, -0.1) is 0 Å². The van der Waals surface area contributed by atoms with Crippen molar-refractivity contribution in [3.05, 3.63) is 35.4 Å². The summed E-state index contributed by atoms with van der Waals surface area (Å²) in [6.45, 7) is 14.5. The van der Waals surface area contributed by atoms with Gasteiger partial charge in [0.05, 0.1) is 17.2 Å². The Morgan fingerprint density at radius 2 is 1.81 bits per heavy atom. The lowest BCUT2D eigenvalue weighted by Gasteiger charge is -2.29. The number of hydrogen-bond donors (Lipinski definition) is 0. The smallest absolute Gasteiger partial charge is 0.106 e. The Morgan fingerprint density at radius 3 is 2.35 bits per heavy atom. The molecule has 1 aliphatic heterocycles. The molecule has 1 saturated heterocycles. The van der Waals surface area contributed by atoms with Gasteiger partial charge in [-0.3, -0.25) is 4.84 Å². The van der Waals surface area contributed by atoms with Crippen molar-refractivity contribution >= 4 is 6.79 Å². The number of nitriles is 1. The second-order valence-corrected chi connectivity index (χ2v) is 7.99. The van der Waals surface area contributed by atoms with E-state index >= 15 is 0 Å². The van der Waals surface area contributed by atoms with Crippen molar-refractivity contribution in [2.24, 2.45) is 5.41 Å². The zero-order chi connectivity index (χ0) is 19.8. The fourth-order valence-corrected chi connectivity index (χ4v) is 4.05. The zero-order valence-electron chi connectivity index (χ0n) is 17.0. The van der Waals surface area contributed by atoms with Gasteiger partial charge in [0, 0.05) is 13.1 Å². The largest absolute Gasteiger partial charge is 0.307 e. The lowest BCUT2D eigenvalue weighted by molar-refractivity contribution is -0.220. The number of hydrogen-bond acceptors (Lipinski definition) is 4. The van der Waals surface area contributed by atoms with Crippen LogP contribution in [0, 0.1) is 16.7 Å². The van der Waals surface area contributed by atoms with E-state index < -0.39 is 0 Å². The monoisotopic (exact) mass is 358 g/mol. The molecule has 0 aromatic heterocycles. The van der Waals surface area contributed by atoms with Crippen molar-refractivity contribution in [1.29, 1.82) is 5.26 Å². The van der Waals surface area contributed by atoms with Crippen LogP contribution < -0.4 is 0 Å². The molecule has 0 N–H and O–H groups in total. The summed E-state index contributed by atoms with van der Waals surface area (Å²) in [6.07, 6.45) is 5.05. The molecule has 1 spiro atoms. The van der Waals surface area contributed by atoms with Crippen LogP contribution in [0.1, 0.15) is 77.3 Å². The standard InChI is InChI=1S/C19H26N2O.C2H6.CH2O/c1-18(2,3)22-21-11-10-19(14-21)9-8-17(12-19)16-6-4-15(13-20)5-7-16;2*1-2/h4-7,17H,8-12,14H2,1-3H3;1-2H3;1H2. The van der Waals surface area contributed by atoms with E-state index in [1.165, 1.54) is 31.2 Å². The quantitative estimate of drug-likeness (QED) is 0.739. The molecule has 2 fully saturated rings. The molecule has 1 aliphatic carbocycles. The summed E-state index contributed by atoms with van der Waals surface area (Å²) < 4.78 is 0. The molecular formula is C22H34N2O2. The van der Waals surface area contributed by atoms with Crippen molar-refractivity contribution in [2.45, 2.75) is 71.8 Å². The van der Waals surface area contributed by atoms with Crippen molar-refractivity contribution in [1.82, 2.24) is 5.06 Å². The molecule has 144 valence electrons. The Morgan fingerprint density at radius 1 is 1.19 bits per heavy atom. The van der Waals surface area contributed by atoms with E-state index in [1.54, 1.807) is 0 Å². The molecular weight excluding hydrogens is 324 g/mol. The molecule has 0 amide bonds. The molecule has 4 heteroatoms. The summed E-state index contributed by atoms with van der Waals surface area (Å²) >= 11 is 0. The molecule has 26 heavy (non-hydrogen) atoms. The first-order valence-electron chi connectivity index (χ1n) is 9.62. The molecule has 1 heterocycles. The van der Waals surface area contributed by atoms with Crippen molar-refractivity contribution in [2.75, 3.05) is 13.1 Å². The lowest BCUT2D eigenvalue weighted by Crippen LogP contribution is -2.33. The highest BCUT2D eigenvalue weighted by molar-refractivity contribution is 5.33. The lowest BCUT2D eigenvalue weighted by atomic mass is 9.83. The van der Waals surface area contributed by atoms with Gasteiger partial charge in [0.25, 0.3) is 0 Å². The predicted octanol–water partition coefficient (Wildman–Crippen LogP) is 5.09. The molecule has 1 saturated carbocycles. The molecule has 0 bridgehead atoms. The van der Waals surface area contributed by atoms with Gasteiger partial charge in [-0.25, -0.2) is 0 Å². The maximum atomic E-state index is 8.91. The molecule has 3 rings (SSSR count). The molecule has 2 atom stereocenters. The van der Waals surface area contributed by atoms with Crippen LogP contribution in [-0.2, 0) is 9.63 Å². The van der Waals surface area contributed by atoms with Gasteiger partial charge in [0.1, 0.15) is 6.79 Å². The van der Waals surface area contributed by atoms with Crippen LogP contribution in [0.2, 0.25) is 0 Å². The Kier molecular flexibility index (Phi) is 8.46. The Bertz CT molecular complexity index is 586. The first-order chi connectivity index (χ1) is 12.4. The Hall–Kier alpha value is -1.70. The minimum atomic E-state index is -0.101. The number of carbonyl (C=O) groups is 1. The summed E-state index contributed by atoms with van der Waals surface area (Å²) in [7, 11) is 0. The molecule has 4 nitrogen and oxygen atoms in total. The summed E-state index contributed by atoms with van der Waals surface area (Å²) in [5.74, 6) is 0.641. The number of benzene rings is 1. The maximum absolute atomic E-state index is 8.91. The molecule has 1 aromatic rings. The van der Waals surface area contributed by atoms with Crippen LogP contribution in [0.5, 0.6) is 0 Å². The van der Waals surface area contributed by atoms with E-state index in [-0.39, 0.29) is 5.60 Å². The average molecular weight is 359 g/mol. The zero-order valence-corrected chi connectivity index (χ0v) is 17.0. The number of rotatable bonds is 2. The minimum Gasteiger partial charge on any atom is -0.307 e. The first-order valence-corrected chi connectivity index (χ1v) is 9.62. The maximum Gasteiger partial charge on any atom is 0.106 e. The third kappa shape index (κ3) is 5.93. The molecule has 1 aromatic carbocycles. The van der Waals surface area contributed by atoms with Gasteiger partial charge in [-0.2, -0.15) is 10.3 Å². The van der Waals surface area contributed by atoms with E-state index in [4.69, 9.17) is 14.9 Å². The van der Waals surface area contributed by atoms with Gasteiger partial charge in [0.15, 0.2) is 0 Å². The van der Waals surface area contributed by atoms with E-state index in [0.29, 0.717) is 11.3 Å². The van der Waals surface area contributed by atoms with E-state index in [2.05, 4.69) is 44.0 Å². The summed E-state index contributed by atoms with van der Waals surface area (Å²) in [6, 6.07) is 10.4. The molecule has 2 unspecified atom stereocenters. The Balaban J connectivity index is 0.000000791. The van der Waals surface area contributed by atoms with Gasteiger partial charge in [-0.05, 0) is 75.5 Å². The topological polar surface area (TPSA) is 53.3 Å². The van der Waals surface area contributed by atoms with Crippen LogP contribution in [0.3, 0.4) is 0 Å². The highest BCUT2D eigenvalue weighted by atomic mass is 16.7. The van der Waals surface area contributed by atoms with Crippen LogP contribution in [-0.4, -0.2) is 30.5 Å². The highest BCUT2D eigenvalue weighted by Crippen LogP contribution is 2.51. The molecule has 0 radical (unpaired) electrons. The van der Waals surface area contributed by atoms with E-state index in [1.807, 2.05) is 32.8 Å². The average Bonchev–Trinajstić information content (AvgIpc) is 3.24. The van der Waals surface area contributed by atoms with Crippen LogP contribution in [0.4, 0.5) is 0 Å². The van der Waals surface area contributed by atoms with Crippen LogP contribution in [0.25, 0.3) is 0 Å².